The van der Waals surface area contributed by atoms with Crippen LogP contribution in [-0.4, -0.2) is 35.1 Å². The number of hydrogen-bond acceptors (Lipinski definition) is 5. The zero-order valence-electron chi connectivity index (χ0n) is 14.1. The van der Waals surface area contributed by atoms with Crippen LogP contribution in [0, 0.1) is 6.92 Å². The minimum Gasteiger partial charge on any atom is -0.487 e. The van der Waals surface area contributed by atoms with Crippen LogP contribution in [0.3, 0.4) is 0 Å². The van der Waals surface area contributed by atoms with E-state index in [1.54, 1.807) is 11.3 Å². The van der Waals surface area contributed by atoms with Gasteiger partial charge in [0.1, 0.15) is 12.4 Å². The molecular weight excluding hydrogens is 306 g/mol. The monoisotopic (exact) mass is 331 g/mol. The number of nitrogens with one attached hydrogen (secondary N) is 1. The molecule has 4 nitrogen and oxygen atoms in total. The summed E-state index contributed by atoms with van der Waals surface area (Å²) in [6.45, 7) is 10.2. The maximum atomic E-state index is 5.81. The van der Waals surface area contributed by atoms with Crippen molar-refractivity contribution >= 4 is 11.3 Å². The molecule has 5 heteroatoms. The van der Waals surface area contributed by atoms with Crippen LogP contribution in [0.15, 0.2) is 29.6 Å². The lowest BCUT2D eigenvalue weighted by atomic mass is 10.1. The molecule has 2 aromatic rings. The van der Waals surface area contributed by atoms with Gasteiger partial charge >= 0.3 is 0 Å². The third-order valence-corrected chi connectivity index (χ3v) is 5.08. The van der Waals surface area contributed by atoms with Gasteiger partial charge in [0.15, 0.2) is 0 Å². The summed E-state index contributed by atoms with van der Waals surface area (Å²) in [6.07, 6.45) is 0. The van der Waals surface area contributed by atoms with E-state index in [1.807, 2.05) is 6.92 Å². The summed E-state index contributed by atoms with van der Waals surface area (Å²) in [7, 11) is 0. The van der Waals surface area contributed by atoms with E-state index in [1.165, 1.54) is 5.56 Å². The first-order chi connectivity index (χ1) is 11.1. The number of ether oxygens (including phenoxy) is 1. The normalized spacial score (nSPS) is 22.2. The first-order valence-corrected chi connectivity index (χ1v) is 9.08. The van der Waals surface area contributed by atoms with Gasteiger partial charge in [-0.15, -0.1) is 11.3 Å². The largest absolute Gasteiger partial charge is 0.487 e. The van der Waals surface area contributed by atoms with Gasteiger partial charge in [-0.25, -0.2) is 4.98 Å². The molecule has 1 N–H and O–H groups in total. The Morgan fingerprint density at radius 2 is 2.09 bits per heavy atom. The Kier molecular flexibility index (Phi) is 5.30. The van der Waals surface area contributed by atoms with Gasteiger partial charge in [-0.2, -0.15) is 0 Å². The highest BCUT2D eigenvalue weighted by molar-refractivity contribution is 7.09. The van der Waals surface area contributed by atoms with Crippen molar-refractivity contribution in [3.8, 4) is 5.75 Å². The number of piperazine rings is 1. The highest BCUT2D eigenvalue weighted by Gasteiger charge is 2.22. The lowest BCUT2D eigenvalue weighted by Gasteiger charge is -2.37. The predicted octanol–water partition coefficient (Wildman–Crippen LogP) is 3.21. The standard InChI is InChI=1S/C18H25N3OS/c1-13-9-21(14(2)8-19-13)10-16-4-6-18(7-5-16)22-11-17-12-23-15(3)20-17/h4-7,12-14,19H,8-11H2,1-3H3. The molecule has 0 saturated carbocycles. The lowest BCUT2D eigenvalue weighted by molar-refractivity contribution is 0.139. The first-order valence-electron chi connectivity index (χ1n) is 8.20. The van der Waals surface area contributed by atoms with E-state index in [-0.39, 0.29) is 0 Å². The van der Waals surface area contributed by atoms with E-state index in [4.69, 9.17) is 4.74 Å². The molecule has 0 aliphatic carbocycles. The molecule has 0 radical (unpaired) electrons. The molecule has 1 aromatic heterocycles. The van der Waals surface area contributed by atoms with Gasteiger partial charge in [-0.3, -0.25) is 4.90 Å². The molecule has 2 unspecified atom stereocenters. The molecule has 1 aliphatic rings. The zero-order chi connectivity index (χ0) is 16.2. The van der Waals surface area contributed by atoms with Crippen molar-refractivity contribution in [3.05, 3.63) is 45.9 Å². The number of rotatable bonds is 5. The lowest BCUT2D eigenvalue weighted by Crippen LogP contribution is -2.53. The Labute approximate surface area is 142 Å². The molecule has 23 heavy (non-hydrogen) atoms. The molecule has 2 atom stereocenters. The fraction of sp³-hybridized carbons (Fsp3) is 0.500. The maximum absolute atomic E-state index is 5.81. The Morgan fingerprint density at radius 3 is 2.78 bits per heavy atom. The summed E-state index contributed by atoms with van der Waals surface area (Å²) in [5.74, 6) is 0.904. The fourth-order valence-corrected chi connectivity index (χ4v) is 3.47. The summed E-state index contributed by atoms with van der Waals surface area (Å²) in [6, 6.07) is 9.60. The van der Waals surface area contributed by atoms with Crippen LogP contribution >= 0.6 is 11.3 Å². The molecule has 0 amide bonds. The van der Waals surface area contributed by atoms with Gasteiger partial charge in [-0.1, -0.05) is 12.1 Å². The van der Waals surface area contributed by atoms with Crippen LogP contribution in [0.4, 0.5) is 0 Å². The van der Waals surface area contributed by atoms with Gasteiger partial charge in [0.2, 0.25) is 0 Å². The Morgan fingerprint density at radius 1 is 1.30 bits per heavy atom. The van der Waals surface area contributed by atoms with Crippen molar-refractivity contribution < 1.29 is 4.74 Å². The molecule has 1 fully saturated rings. The van der Waals surface area contributed by atoms with Crippen molar-refractivity contribution in [2.45, 2.75) is 46.0 Å². The number of benzene rings is 1. The number of hydrogen-bond donors (Lipinski definition) is 1. The van der Waals surface area contributed by atoms with E-state index in [9.17, 15) is 0 Å². The van der Waals surface area contributed by atoms with Gasteiger partial charge in [0, 0.05) is 37.1 Å². The minimum absolute atomic E-state index is 0.538. The minimum atomic E-state index is 0.538. The number of aryl methyl sites for hydroxylation is 1. The Hall–Kier alpha value is -1.43. The summed E-state index contributed by atoms with van der Waals surface area (Å²) in [5, 5.41) is 6.66. The zero-order valence-corrected chi connectivity index (χ0v) is 14.9. The summed E-state index contributed by atoms with van der Waals surface area (Å²) in [5.41, 5.74) is 2.34. The quantitative estimate of drug-likeness (QED) is 0.913. The molecule has 2 heterocycles. The summed E-state index contributed by atoms with van der Waals surface area (Å²) in [4.78, 5) is 6.95. The van der Waals surface area contributed by atoms with E-state index >= 15 is 0 Å². The second-order valence-electron chi connectivity index (χ2n) is 6.38. The smallest absolute Gasteiger partial charge is 0.131 e. The highest BCUT2D eigenvalue weighted by Crippen LogP contribution is 2.18. The molecule has 1 aliphatic heterocycles. The van der Waals surface area contributed by atoms with Crippen LogP contribution in [0.5, 0.6) is 5.75 Å². The van der Waals surface area contributed by atoms with Crippen molar-refractivity contribution in [2.75, 3.05) is 13.1 Å². The van der Waals surface area contributed by atoms with Gasteiger partial charge in [0.25, 0.3) is 0 Å². The third kappa shape index (κ3) is 4.53. The van der Waals surface area contributed by atoms with Crippen LogP contribution < -0.4 is 10.1 Å². The van der Waals surface area contributed by atoms with Gasteiger partial charge < -0.3 is 10.1 Å². The third-order valence-electron chi connectivity index (χ3n) is 4.26. The average Bonchev–Trinajstić information content (AvgIpc) is 2.96. The second kappa shape index (κ2) is 7.43. The maximum Gasteiger partial charge on any atom is 0.131 e. The van der Waals surface area contributed by atoms with E-state index in [0.717, 1.165) is 36.1 Å². The van der Waals surface area contributed by atoms with E-state index in [2.05, 4.69) is 58.7 Å². The van der Waals surface area contributed by atoms with E-state index < -0.39 is 0 Å². The van der Waals surface area contributed by atoms with Crippen molar-refractivity contribution in [1.29, 1.82) is 0 Å². The Balaban J connectivity index is 1.54. The molecular formula is C18H25N3OS. The van der Waals surface area contributed by atoms with Crippen LogP contribution in [0.2, 0.25) is 0 Å². The molecule has 0 bridgehead atoms. The van der Waals surface area contributed by atoms with E-state index in [0.29, 0.717) is 18.7 Å². The average molecular weight is 331 g/mol. The number of aromatic nitrogens is 1. The van der Waals surface area contributed by atoms with Crippen molar-refractivity contribution in [2.24, 2.45) is 0 Å². The van der Waals surface area contributed by atoms with Crippen LogP contribution in [0.25, 0.3) is 0 Å². The van der Waals surface area contributed by atoms with Crippen molar-refractivity contribution in [3.63, 3.8) is 0 Å². The molecule has 3 rings (SSSR count). The van der Waals surface area contributed by atoms with Crippen molar-refractivity contribution in [1.82, 2.24) is 15.2 Å². The highest BCUT2D eigenvalue weighted by atomic mass is 32.1. The number of thiazole rings is 1. The number of nitrogens with zero attached hydrogens (tertiary/aromatic N) is 2. The molecule has 1 aromatic carbocycles. The van der Waals surface area contributed by atoms with Crippen LogP contribution in [-0.2, 0) is 13.2 Å². The topological polar surface area (TPSA) is 37.4 Å². The predicted molar refractivity (Wildman–Crippen MR) is 95.0 cm³/mol. The summed E-state index contributed by atoms with van der Waals surface area (Å²) < 4.78 is 5.81. The Bertz CT molecular complexity index is 625. The van der Waals surface area contributed by atoms with Gasteiger partial charge in [0.05, 0.1) is 10.7 Å². The SMILES string of the molecule is Cc1nc(COc2ccc(CN3CC(C)NCC3C)cc2)cs1. The molecule has 1 saturated heterocycles. The first kappa shape index (κ1) is 16.4. The van der Waals surface area contributed by atoms with Gasteiger partial charge in [-0.05, 0) is 38.5 Å². The van der Waals surface area contributed by atoms with Crippen LogP contribution in [0.1, 0.15) is 30.1 Å². The summed E-state index contributed by atoms with van der Waals surface area (Å²) >= 11 is 1.66. The molecule has 0 spiro atoms. The second-order valence-corrected chi connectivity index (χ2v) is 7.44. The molecule has 124 valence electrons. The fourth-order valence-electron chi connectivity index (χ4n) is 2.87.